The van der Waals surface area contributed by atoms with Gasteiger partial charge in [0.05, 0.1) is 11.3 Å². The molecule has 0 spiro atoms. The van der Waals surface area contributed by atoms with Crippen molar-refractivity contribution in [2.24, 2.45) is 0 Å². The molecule has 0 aliphatic carbocycles. The Morgan fingerprint density at radius 2 is 1.88 bits per heavy atom. The molecule has 2 N–H and O–H groups in total. The number of amides is 1. The van der Waals surface area contributed by atoms with Crippen molar-refractivity contribution in [2.45, 2.75) is 11.0 Å². The van der Waals surface area contributed by atoms with Crippen molar-refractivity contribution in [1.29, 1.82) is 0 Å². The highest BCUT2D eigenvalue weighted by molar-refractivity contribution is 7.12. The van der Waals surface area contributed by atoms with Crippen molar-refractivity contribution in [3.8, 4) is 11.5 Å². The Labute approximate surface area is 152 Å². The van der Waals surface area contributed by atoms with Gasteiger partial charge in [-0.05, 0) is 29.6 Å². The topological polar surface area (TPSA) is 75.6 Å². The van der Waals surface area contributed by atoms with Crippen LogP contribution in [0.15, 0.2) is 29.6 Å². The SMILES string of the molecule is O=C(O)c1sccc1Oc1ccc(C(F)(F)F)cc1NC(=O)C(Cl)Cl. The summed E-state index contributed by atoms with van der Waals surface area (Å²) in [5.41, 5.74) is -1.40. The zero-order valence-electron chi connectivity index (χ0n) is 11.9. The molecule has 0 atom stereocenters. The molecule has 2 rings (SSSR count). The number of anilines is 1. The molecule has 11 heteroatoms. The molecule has 0 bridgehead atoms. The number of aromatic carboxylic acids is 1. The number of nitrogens with one attached hydrogen (secondary N) is 1. The normalized spacial score (nSPS) is 11.4. The van der Waals surface area contributed by atoms with E-state index in [1.54, 1.807) is 0 Å². The molecule has 0 aliphatic rings. The van der Waals surface area contributed by atoms with Gasteiger partial charge >= 0.3 is 12.1 Å². The van der Waals surface area contributed by atoms with E-state index in [4.69, 9.17) is 33.0 Å². The van der Waals surface area contributed by atoms with Crippen molar-refractivity contribution in [3.05, 3.63) is 40.1 Å². The molecule has 1 heterocycles. The lowest BCUT2D eigenvalue weighted by Crippen LogP contribution is -2.19. The van der Waals surface area contributed by atoms with Crippen LogP contribution >= 0.6 is 34.5 Å². The summed E-state index contributed by atoms with van der Waals surface area (Å²) < 4.78 is 43.9. The average molecular weight is 414 g/mol. The third kappa shape index (κ3) is 4.77. The molecule has 0 saturated heterocycles. The van der Waals surface area contributed by atoms with Gasteiger partial charge in [0.1, 0.15) is 0 Å². The Balaban J connectivity index is 2.43. The maximum atomic E-state index is 12.9. The third-order valence-corrected chi connectivity index (χ3v) is 4.09. The van der Waals surface area contributed by atoms with E-state index in [9.17, 15) is 22.8 Å². The van der Waals surface area contributed by atoms with E-state index in [2.05, 4.69) is 5.32 Å². The minimum atomic E-state index is -4.66. The molecule has 1 aromatic carbocycles. The molecule has 134 valence electrons. The summed E-state index contributed by atoms with van der Waals surface area (Å²) >= 11 is 11.6. The van der Waals surface area contributed by atoms with E-state index >= 15 is 0 Å². The van der Waals surface area contributed by atoms with Gasteiger partial charge in [-0.2, -0.15) is 13.2 Å². The van der Waals surface area contributed by atoms with Crippen LogP contribution in [0, 0.1) is 0 Å². The first-order chi connectivity index (χ1) is 11.6. The number of carbonyl (C=O) groups excluding carboxylic acids is 1. The Morgan fingerprint density at radius 1 is 1.20 bits per heavy atom. The molecule has 5 nitrogen and oxygen atoms in total. The quantitative estimate of drug-likeness (QED) is 0.676. The van der Waals surface area contributed by atoms with E-state index in [1.165, 1.54) is 11.4 Å². The van der Waals surface area contributed by atoms with Crippen LogP contribution < -0.4 is 10.1 Å². The maximum Gasteiger partial charge on any atom is 0.416 e. The molecule has 25 heavy (non-hydrogen) atoms. The van der Waals surface area contributed by atoms with E-state index in [1.807, 2.05) is 0 Å². The highest BCUT2D eigenvalue weighted by atomic mass is 35.5. The van der Waals surface area contributed by atoms with Gasteiger partial charge in [-0.25, -0.2) is 4.79 Å². The number of hydrogen-bond donors (Lipinski definition) is 2. The fourth-order valence-electron chi connectivity index (χ4n) is 1.73. The minimum Gasteiger partial charge on any atom is -0.477 e. The third-order valence-electron chi connectivity index (χ3n) is 2.81. The lowest BCUT2D eigenvalue weighted by atomic mass is 10.1. The van der Waals surface area contributed by atoms with Gasteiger partial charge < -0.3 is 15.2 Å². The summed E-state index contributed by atoms with van der Waals surface area (Å²) in [6.07, 6.45) is -4.66. The number of benzene rings is 1. The first-order valence-corrected chi connectivity index (χ1v) is 8.13. The monoisotopic (exact) mass is 413 g/mol. The van der Waals surface area contributed by atoms with E-state index in [-0.39, 0.29) is 22.1 Å². The Morgan fingerprint density at radius 3 is 2.44 bits per heavy atom. The first kappa shape index (κ1) is 19.4. The van der Waals surface area contributed by atoms with Crippen LogP contribution in [0.25, 0.3) is 0 Å². The van der Waals surface area contributed by atoms with Gasteiger partial charge in [0, 0.05) is 0 Å². The van der Waals surface area contributed by atoms with Crippen molar-refractivity contribution in [2.75, 3.05) is 5.32 Å². The first-order valence-electron chi connectivity index (χ1n) is 6.38. The van der Waals surface area contributed by atoms with Crippen molar-refractivity contribution in [3.63, 3.8) is 0 Å². The molecule has 0 radical (unpaired) electrons. The highest BCUT2D eigenvalue weighted by Crippen LogP contribution is 2.38. The number of carboxylic acids is 1. The lowest BCUT2D eigenvalue weighted by Gasteiger charge is -2.15. The molecule has 0 aliphatic heterocycles. The number of carbonyl (C=O) groups is 2. The average Bonchev–Trinajstić information content (AvgIpc) is 2.96. The zero-order valence-corrected chi connectivity index (χ0v) is 14.3. The Hall–Kier alpha value is -1.97. The fraction of sp³-hybridized carbons (Fsp3) is 0.143. The van der Waals surface area contributed by atoms with Crippen LogP contribution in [-0.4, -0.2) is 21.8 Å². The summed E-state index contributed by atoms with van der Waals surface area (Å²) in [6, 6.07) is 3.66. The Kier molecular flexibility index (Phi) is 5.81. The summed E-state index contributed by atoms with van der Waals surface area (Å²) in [4.78, 5) is 21.0. The molecular weight excluding hydrogens is 406 g/mol. The number of hydrogen-bond acceptors (Lipinski definition) is 4. The van der Waals surface area contributed by atoms with Crippen LogP contribution in [0.5, 0.6) is 11.5 Å². The van der Waals surface area contributed by atoms with Crippen molar-refractivity contribution < 1.29 is 32.6 Å². The standard InChI is InChI=1S/C14H8Cl2F3NO4S/c15-11(16)12(21)20-7-5-6(14(17,18)19)1-2-8(7)24-9-3-4-25-10(9)13(22)23/h1-5,11H,(H,20,21)(H,22,23). The van der Waals surface area contributed by atoms with Gasteiger partial charge in [-0.15, -0.1) is 11.3 Å². The minimum absolute atomic E-state index is 0.0824. The number of alkyl halides is 5. The van der Waals surface area contributed by atoms with Crippen LogP contribution in [-0.2, 0) is 11.0 Å². The molecule has 0 unspecified atom stereocenters. The summed E-state index contributed by atoms with van der Waals surface area (Å²) in [7, 11) is 0. The smallest absolute Gasteiger partial charge is 0.416 e. The second kappa shape index (κ2) is 7.51. The molecule has 0 saturated carbocycles. The number of ether oxygens (including phenoxy) is 1. The van der Waals surface area contributed by atoms with E-state index < -0.39 is 28.5 Å². The van der Waals surface area contributed by atoms with Gasteiger partial charge in [-0.1, -0.05) is 23.2 Å². The Bertz CT molecular complexity index is 808. The number of carboxylic acid groups (broad SMARTS) is 1. The van der Waals surface area contributed by atoms with Gasteiger partial charge in [-0.3, -0.25) is 4.79 Å². The fourth-order valence-corrected chi connectivity index (χ4v) is 2.50. The zero-order chi connectivity index (χ0) is 18.8. The highest BCUT2D eigenvalue weighted by Gasteiger charge is 2.32. The molecule has 2 aromatic rings. The van der Waals surface area contributed by atoms with Gasteiger partial charge in [0.2, 0.25) is 0 Å². The summed E-state index contributed by atoms with van der Waals surface area (Å²) in [6.45, 7) is 0. The van der Waals surface area contributed by atoms with Gasteiger partial charge in [0.15, 0.2) is 21.2 Å². The molecular formula is C14H8Cl2F3NO4S. The number of rotatable bonds is 5. The van der Waals surface area contributed by atoms with Crippen LogP contribution in [0.1, 0.15) is 15.2 Å². The number of halogens is 5. The van der Waals surface area contributed by atoms with Crippen LogP contribution in [0.2, 0.25) is 0 Å². The van der Waals surface area contributed by atoms with Crippen molar-refractivity contribution in [1.82, 2.24) is 0 Å². The number of thiophene rings is 1. The van der Waals surface area contributed by atoms with Crippen LogP contribution in [0.4, 0.5) is 18.9 Å². The lowest BCUT2D eigenvalue weighted by molar-refractivity contribution is -0.137. The van der Waals surface area contributed by atoms with Gasteiger partial charge in [0.25, 0.3) is 5.91 Å². The second-order valence-corrected chi connectivity index (χ2v) is 6.53. The van der Waals surface area contributed by atoms with E-state index in [0.717, 1.165) is 23.5 Å². The van der Waals surface area contributed by atoms with Crippen molar-refractivity contribution >= 4 is 52.1 Å². The van der Waals surface area contributed by atoms with E-state index in [0.29, 0.717) is 6.07 Å². The second-order valence-electron chi connectivity index (χ2n) is 4.52. The largest absolute Gasteiger partial charge is 0.477 e. The summed E-state index contributed by atoms with van der Waals surface area (Å²) in [5.74, 6) is -2.50. The predicted octanol–water partition coefficient (Wildman–Crippen LogP) is 5.00. The molecule has 1 aromatic heterocycles. The molecule has 1 amide bonds. The van der Waals surface area contributed by atoms with Crippen LogP contribution in [0.3, 0.4) is 0 Å². The summed E-state index contributed by atoms with van der Waals surface area (Å²) in [5, 5.41) is 12.6. The predicted molar refractivity (Wildman–Crippen MR) is 86.9 cm³/mol. The maximum absolute atomic E-state index is 12.9. The molecule has 0 fully saturated rings.